The van der Waals surface area contributed by atoms with E-state index in [2.05, 4.69) is 70.7 Å². The van der Waals surface area contributed by atoms with Crippen molar-refractivity contribution in [2.24, 2.45) is 0 Å². The SMILES string of the molecule is COC(=O)/C=C/c1n[nH]c2ccccc12.COC(=O)CCc1[nH]nc2ccccc12.O=C(O)CCc1[nH]nc2ccccc12.O=C(O)c1n[nH]c2ccccc12.O=Cc1[nH]nc2ccccc12.OCc1[nH]nc2ccccc12. The van der Waals surface area contributed by atoms with Crippen molar-refractivity contribution in [2.75, 3.05) is 14.2 Å². The fraction of sp³-hybridized carbons (Fsp3) is 0.125. The van der Waals surface area contributed by atoms with Crippen LogP contribution in [0.15, 0.2) is 152 Å². The van der Waals surface area contributed by atoms with E-state index in [0.717, 1.165) is 89.1 Å². The van der Waals surface area contributed by atoms with Crippen molar-refractivity contribution in [2.45, 2.75) is 32.3 Å². The number of ether oxygens (including phenoxy) is 2. The molecule has 6 aromatic carbocycles. The zero-order chi connectivity index (χ0) is 55.2. The fourth-order valence-corrected chi connectivity index (χ4v) is 7.63. The Morgan fingerprint density at radius 1 is 0.487 bits per heavy atom. The van der Waals surface area contributed by atoms with E-state index < -0.39 is 11.9 Å². The number of aldehydes is 1. The number of aromatic nitrogens is 12. The number of hydrogen-bond acceptors (Lipinski definition) is 14. The van der Waals surface area contributed by atoms with E-state index in [9.17, 15) is 24.0 Å². The predicted octanol–water partition coefficient (Wildman–Crippen LogP) is 8.69. The van der Waals surface area contributed by atoms with Crippen molar-refractivity contribution in [3.8, 4) is 0 Å². The first-order valence-electron chi connectivity index (χ1n) is 23.9. The Kier molecular flexibility index (Phi) is 19.5. The number of fused-ring (bicyclic) bond motifs is 6. The number of methoxy groups -OCH3 is 2. The minimum absolute atomic E-state index is 0.0144. The molecule has 0 atom stereocenters. The molecule has 78 heavy (non-hydrogen) atoms. The summed E-state index contributed by atoms with van der Waals surface area (Å²) in [5, 5.41) is 72.3. The van der Waals surface area contributed by atoms with E-state index >= 15 is 0 Å². The number of carboxylic acids is 2. The minimum Gasteiger partial charge on any atom is -0.481 e. The molecule has 0 radical (unpaired) electrons. The van der Waals surface area contributed by atoms with Gasteiger partial charge in [0.25, 0.3) is 0 Å². The van der Waals surface area contributed by atoms with Gasteiger partial charge in [-0.3, -0.25) is 45.0 Å². The smallest absolute Gasteiger partial charge is 0.357 e. The number of aliphatic hydroxyl groups excluding tert-OH is 1. The van der Waals surface area contributed by atoms with Crippen LogP contribution in [0.25, 0.3) is 71.5 Å². The summed E-state index contributed by atoms with van der Waals surface area (Å²) in [4.78, 5) is 53.3. The Hall–Kier alpha value is -10.6. The van der Waals surface area contributed by atoms with E-state index in [1.807, 2.05) is 127 Å². The number of para-hydroxylation sites is 6. The van der Waals surface area contributed by atoms with E-state index in [1.54, 1.807) is 24.3 Å². The topological polar surface area (TPSA) is 337 Å². The quantitative estimate of drug-likeness (QED) is 0.0332. The Labute approximate surface area is 442 Å². The van der Waals surface area contributed by atoms with Crippen LogP contribution in [0.2, 0.25) is 0 Å². The number of aliphatic carboxylic acids is 1. The van der Waals surface area contributed by atoms with Crippen molar-refractivity contribution in [1.29, 1.82) is 0 Å². The number of rotatable bonds is 11. The van der Waals surface area contributed by atoms with Gasteiger partial charge < -0.3 is 24.8 Å². The third kappa shape index (κ3) is 14.6. The third-order valence-corrected chi connectivity index (χ3v) is 11.5. The normalized spacial score (nSPS) is 10.6. The Morgan fingerprint density at radius 2 is 0.923 bits per heavy atom. The van der Waals surface area contributed by atoms with Crippen LogP contribution in [-0.2, 0) is 43.3 Å². The highest BCUT2D eigenvalue weighted by atomic mass is 16.5. The third-order valence-electron chi connectivity index (χ3n) is 11.5. The van der Waals surface area contributed by atoms with Crippen molar-refractivity contribution < 1.29 is 48.8 Å². The van der Waals surface area contributed by atoms with Gasteiger partial charge >= 0.3 is 23.9 Å². The number of aromatic carboxylic acids is 1. The summed E-state index contributed by atoms with van der Waals surface area (Å²) in [5.74, 6) is -2.38. The van der Waals surface area contributed by atoms with Crippen molar-refractivity contribution in [3.05, 3.63) is 186 Å². The number of carboxylic acid groups (broad SMARTS) is 2. The summed E-state index contributed by atoms with van der Waals surface area (Å²) in [6.45, 7) is 0.0144. The largest absolute Gasteiger partial charge is 0.481 e. The highest BCUT2D eigenvalue weighted by molar-refractivity contribution is 6.01. The zero-order valence-corrected chi connectivity index (χ0v) is 42.0. The lowest BCUT2D eigenvalue weighted by Gasteiger charge is -1.97. The summed E-state index contributed by atoms with van der Waals surface area (Å²) in [6, 6.07) is 45.5. The molecule has 12 aromatic rings. The Bertz CT molecular complexity index is 3960. The number of aromatic amines is 6. The molecule has 22 heteroatoms. The summed E-state index contributed by atoms with van der Waals surface area (Å²) >= 11 is 0. The van der Waals surface area contributed by atoms with Gasteiger partial charge in [-0.05, 0) is 42.5 Å². The van der Waals surface area contributed by atoms with Crippen LogP contribution in [0.1, 0.15) is 56.6 Å². The lowest BCUT2D eigenvalue weighted by Crippen LogP contribution is -2.02. The van der Waals surface area contributed by atoms with Gasteiger partial charge in [0, 0.05) is 62.6 Å². The first-order valence-corrected chi connectivity index (χ1v) is 23.9. The van der Waals surface area contributed by atoms with Crippen LogP contribution in [-0.4, -0.2) is 121 Å². The molecule has 0 saturated carbocycles. The molecule has 0 fully saturated rings. The number of esters is 2. The molecule has 0 unspecified atom stereocenters. The average Bonchev–Trinajstić information content (AvgIpc) is 4.38. The zero-order valence-electron chi connectivity index (χ0n) is 42.0. The van der Waals surface area contributed by atoms with Gasteiger partial charge in [-0.1, -0.05) is 109 Å². The first-order chi connectivity index (χ1) is 38.0. The summed E-state index contributed by atoms with van der Waals surface area (Å²) in [7, 11) is 2.74. The second kappa shape index (κ2) is 27.6. The molecule has 0 amide bonds. The summed E-state index contributed by atoms with van der Waals surface area (Å²) in [6.07, 6.45) is 5.39. The first kappa shape index (κ1) is 55.1. The van der Waals surface area contributed by atoms with Gasteiger partial charge in [-0.2, -0.15) is 30.6 Å². The average molecular weight is 1050 g/mol. The van der Waals surface area contributed by atoms with Crippen molar-refractivity contribution >= 4 is 102 Å². The molecule has 0 spiro atoms. The Morgan fingerprint density at radius 3 is 1.44 bits per heavy atom. The van der Waals surface area contributed by atoms with E-state index in [1.165, 1.54) is 20.3 Å². The Balaban J connectivity index is 0.000000136. The van der Waals surface area contributed by atoms with Crippen LogP contribution < -0.4 is 0 Å². The molecular formula is C56H52N12O10. The van der Waals surface area contributed by atoms with Gasteiger partial charge in [0.15, 0.2) is 12.0 Å². The lowest BCUT2D eigenvalue weighted by molar-refractivity contribution is -0.140. The summed E-state index contributed by atoms with van der Waals surface area (Å²) in [5.41, 5.74) is 9.23. The maximum atomic E-state index is 11.0. The van der Waals surface area contributed by atoms with Gasteiger partial charge in [0.1, 0.15) is 5.69 Å². The molecule has 0 saturated heterocycles. The van der Waals surface area contributed by atoms with Crippen molar-refractivity contribution in [3.63, 3.8) is 0 Å². The second-order valence-corrected chi connectivity index (χ2v) is 16.5. The molecule has 0 aliphatic rings. The highest BCUT2D eigenvalue weighted by Gasteiger charge is 2.12. The number of aryl methyl sites for hydroxylation is 2. The molecule has 6 heterocycles. The molecule has 0 aliphatic carbocycles. The minimum atomic E-state index is -1.01. The van der Waals surface area contributed by atoms with Crippen LogP contribution in [0.4, 0.5) is 0 Å². The lowest BCUT2D eigenvalue weighted by atomic mass is 10.1. The maximum Gasteiger partial charge on any atom is 0.357 e. The molecular weight excluding hydrogens is 1000 g/mol. The number of carbonyl (C=O) groups is 5. The fourth-order valence-electron chi connectivity index (χ4n) is 7.63. The summed E-state index contributed by atoms with van der Waals surface area (Å²) < 4.78 is 9.08. The predicted molar refractivity (Wildman–Crippen MR) is 292 cm³/mol. The van der Waals surface area contributed by atoms with Crippen LogP contribution in [0.5, 0.6) is 0 Å². The highest BCUT2D eigenvalue weighted by Crippen LogP contribution is 2.20. The van der Waals surface area contributed by atoms with Gasteiger partial charge in [-0.15, -0.1) is 0 Å². The van der Waals surface area contributed by atoms with Crippen LogP contribution in [0.3, 0.4) is 0 Å². The maximum absolute atomic E-state index is 11.0. The molecule has 0 bridgehead atoms. The number of carbonyl (C=O) groups excluding carboxylic acids is 3. The van der Waals surface area contributed by atoms with E-state index in [4.69, 9.17) is 15.3 Å². The molecule has 9 N–H and O–H groups in total. The van der Waals surface area contributed by atoms with Gasteiger partial charge in [0.05, 0.1) is 78.2 Å². The molecule has 12 rings (SSSR count). The van der Waals surface area contributed by atoms with Gasteiger partial charge in [0.2, 0.25) is 0 Å². The number of nitrogens with zero attached hydrogens (tertiary/aromatic N) is 6. The van der Waals surface area contributed by atoms with Crippen molar-refractivity contribution in [1.82, 2.24) is 61.2 Å². The number of H-pyrrole nitrogens is 6. The van der Waals surface area contributed by atoms with E-state index in [-0.39, 0.29) is 30.7 Å². The standard InChI is InChI=1S/C11H12N2O2.C11H10N2O2.C10H10N2O2.C8H6N2O2.C8H8N2O.C8H6N2O/c2*1-15-11(14)7-6-10-8-4-2-3-5-9(8)12-13-10;13-10(14)6-5-9-7-3-1-2-4-8(7)11-12-9;11-8(12)7-5-3-1-2-4-6(5)9-10-7;2*11-5-8-6-3-1-2-4-7(6)9-10-8/h2-5H,6-7H2,1H3,(H,12,13);2-7H,1H3,(H,12,13);1-4H,5-6H2,(H,11,12)(H,13,14);1-4H,(H,9,10)(H,11,12);1-4,11H,5H2,(H,9,10);1-5H,(H,9,10)/b;7-6+;;;;. The van der Waals surface area contributed by atoms with E-state index in [0.29, 0.717) is 30.3 Å². The molecule has 0 aliphatic heterocycles. The molecule has 396 valence electrons. The van der Waals surface area contributed by atoms with Crippen LogP contribution >= 0.6 is 0 Å². The monoisotopic (exact) mass is 1050 g/mol. The number of nitrogens with one attached hydrogen (secondary N) is 6. The van der Waals surface area contributed by atoms with Crippen LogP contribution in [0, 0.1) is 0 Å². The number of aliphatic hydroxyl groups is 1. The second-order valence-electron chi connectivity index (χ2n) is 16.5. The number of benzene rings is 6. The molecule has 6 aromatic heterocycles. The van der Waals surface area contributed by atoms with Gasteiger partial charge in [-0.25, -0.2) is 9.59 Å². The number of hydrogen-bond donors (Lipinski definition) is 9. The molecule has 22 nitrogen and oxygen atoms in total.